The molecular weight excluding hydrogens is 278 g/mol. The molecule has 2 saturated heterocycles. The number of piperidine rings is 1. The summed E-state index contributed by atoms with van der Waals surface area (Å²) in [7, 11) is 2.09. The average Bonchev–Trinajstić information content (AvgIpc) is 2.76. The van der Waals surface area contributed by atoms with Gasteiger partial charge in [-0.2, -0.15) is 0 Å². The Balaban J connectivity index is 1.95. The molecule has 2 rings (SSSR count). The van der Waals surface area contributed by atoms with Crippen LogP contribution >= 0.6 is 11.8 Å². The van der Waals surface area contributed by atoms with E-state index < -0.39 is 12.0 Å². The molecule has 0 aromatic carbocycles. The van der Waals surface area contributed by atoms with Gasteiger partial charge in [0.05, 0.1) is 5.37 Å². The van der Waals surface area contributed by atoms with E-state index in [1.165, 1.54) is 16.7 Å². The van der Waals surface area contributed by atoms with Crippen LogP contribution in [0.3, 0.4) is 0 Å². The normalized spacial score (nSPS) is 35.0. The molecule has 4 atom stereocenters. The van der Waals surface area contributed by atoms with Crippen molar-refractivity contribution < 1.29 is 14.7 Å². The van der Waals surface area contributed by atoms with Crippen LogP contribution in [0.25, 0.3) is 0 Å². The van der Waals surface area contributed by atoms with Gasteiger partial charge in [0.25, 0.3) is 0 Å². The lowest BCUT2D eigenvalue weighted by Crippen LogP contribution is -2.54. The summed E-state index contributed by atoms with van der Waals surface area (Å²) in [4.78, 5) is 27.3. The van der Waals surface area contributed by atoms with Gasteiger partial charge in [-0.1, -0.05) is 0 Å². The number of nitrogens with one attached hydrogen (secondary N) is 1. The van der Waals surface area contributed by atoms with Crippen molar-refractivity contribution in [3.8, 4) is 0 Å². The van der Waals surface area contributed by atoms with Gasteiger partial charge in [0.15, 0.2) is 0 Å². The minimum Gasteiger partial charge on any atom is -0.480 e. The third-order valence-corrected chi connectivity index (χ3v) is 5.50. The SMILES string of the molecule is CC1CC(NC(=O)N2C(C)SCC2C(=O)O)CCN1C. The lowest BCUT2D eigenvalue weighted by Gasteiger charge is -2.36. The Labute approximate surface area is 123 Å². The number of rotatable bonds is 2. The van der Waals surface area contributed by atoms with Gasteiger partial charge in [-0.3, -0.25) is 4.90 Å². The van der Waals surface area contributed by atoms with Crippen LogP contribution in [0.1, 0.15) is 26.7 Å². The Morgan fingerprint density at radius 3 is 2.65 bits per heavy atom. The lowest BCUT2D eigenvalue weighted by atomic mass is 9.99. The molecule has 2 N–H and O–H groups in total. The zero-order chi connectivity index (χ0) is 14.9. The molecule has 2 aliphatic rings. The summed E-state index contributed by atoms with van der Waals surface area (Å²) in [5.74, 6) is -0.456. The highest BCUT2D eigenvalue weighted by Gasteiger charge is 2.40. The number of carbonyl (C=O) groups is 2. The molecule has 2 heterocycles. The van der Waals surface area contributed by atoms with E-state index in [0.29, 0.717) is 11.8 Å². The first-order valence-corrected chi connectivity index (χ1v) is 8.08. The number of nitrogens with zero attached hydrogens (tertiary/aromatic N) is 2. The molecule has 114 valence electrons. The molecule has 2 aliphatic heterocycles. The minimum atomic E-state index is -0.922. The first-order valence-electron chi connectivity index (χ1n) is 7.03. The molecule has 0 radical (unpaired) electrons. The van der Waals surface area contributed by atoms with Gasteiger partial charge in [0.2, 0.25) is 0 Å². The van der Waals surface area contributed by atoms with E-state index >= 15 is 0 Å². The first kappa shape index (κ1) is 15.4. The third kappa shape index (κ3) is 3.20. The Kier molecular flexibility index (Phi) is 4.80. The zero-order valence-corrected chi connectivity index (χ0v) is 13.0. The largest absolute Gasteiger partial charge is 0.480 e. The Bertz CT molecular complexity index is 393. The summed E-state index contributed by atoms with van der Waals surface area (Å²) >= 11 is 1.51. The van der Waals surface area contributed by atoms with Crippen molar-refractivity contribution in [1.29, 1.82) is 0 Å². The molecule has 0 aromatic heterocycles. The van der Waals surface area contributed by atoms with Crippen LogP contribution in [-0.4, -0.2) is 69.8 Å². The number of urea groups is 1. The average molecular weight is 301 g/mol. The van der Waals surface area contributed by atoms with E-state index in [0.717, 1.165) is 19.4 Å². The summed E-state index contributed by atoms with van der Waals surface area (Å²) in [6.45, 7) is 4.98. The zero-order valence-electron chi connectivity index (χ0n) is 12.2. The highest BCUT2D eigenvalue weighted by molar-refractivity contribution is 8.00. The number of hydrogen-bond donors (Lipinski definition) is 2. The van der Waals surface area contributed by atoms with Crippen molar-refractivity contribution in [2.24, 2.45) is 0 Å². The van der Waals surface area contributed by atoms with E-state index in [-0.39, 0.29) is 17.4 Å². The maximum atomic E-state index is 12.4. The summed E-state index contributed by atoms with van der Waals surface area (Å²) < 4.78 is 0. The first-order chi connectivity index (χ1) is 9.40. The van der Waals surface area contributed by atoms with E-state index in [2.05, 4.69) is 24.2 Å². The number of likely N-dealkylation sites (tertiary alicyclic amines) is 1. The molecule has 7 heteroatoms. The van der Waals surface area contributed by atoms with Gasteiger partial charge < -0.3 is 15.3 Å². The molecule has 4 unspecified atom stereocenters. The van der Waals surface area contributed by atoms with E-state index in [1.54, 1.807) is 0 Å². The van der Waals surface area contributed by atoms with E-state index in [1.807, 2.05) is 6.92 Å². The van der Waals surface area contributed by atoms with Crippen LogP contribution < -0.4 is 5.32 Å². The minimum absolute atomic E-state index is 0.0835. The van der Waals surface area contributed by atoms with E-state index in [9.17, 15) is 14.7 Å². The number of aliphatic carboxylic acids is 1. The summed E-state index contributed by atoms with van der Waals surface area (Å²) in [5.41, 5.74) is 0. The fraction of sp³-hybridized carbons (Fsp3) is 0.846. The second-order valence-corrected chi connectivity index (χ2v) is 7.04. The van der Waals surface area contributed by atoms with E-state index in [4.69, 9.17) is 0 Å². The second-order valence-electron chi connectivity index (χ2n) is 5.69. The maximum Gasteiger partial charge on any atom is 0.327 e. The predicted molar refractivity (Wildman–Crippen MR) is 78.8 cm³/mol. The van der Waals surface area contributed by atoms with Crippen molar-refractivity contribution in [2.75, 3.05) is 19.3 Å². The van der Waals surface area contributed by atoms with Crippen molar-refractivity contribution in [3.63, 3.8) is 0 Å². The van der Waals surface area contributed by atoms with Gasteiger partial charge in [0, 0.05) is 24.4 Å². The molecular formula is C13H23N3O3S. The van der Waals surface area contributed by atoms with Gasteiger partial charge in [-0.05, 0) is 33.7 Å². The molecule has 2 amide bonds. The number of carboxylic acids is 1. The predicted octanol–water partition coefficient (Wildman–Crippen LogP) is 1.03. The Hall–Kier alpha value is -0.950. The lowest BCUT2D eigenvalue weighted by molar-refractivity contribution is -0.141. The smallest absolute Gasteiger partial charge is 0.327 e. The third-order valence-electron chi connectivity index (χ3n) is 4.28. The van der Waals surface area contributed by atoms with Crippen molar-refractivity contribution in [3.05, 3.63) is 0 Å². The number of amides is 2. The Morgan fingerprint density at radius 2 is 2.05 bits per heavy atom. The molecule has 0 bridgehead atoms. The quantitative estimate of drug-likeness (QED) is 0.797. The molecule has 20 heavy (non-hydrogen) atoms. The van der Waals surface area contributed by atoms with Crippen molar-refractivity contribution in [2.45, 2.75) is 50.2 Å². The van der Waals surface area contributed by atoms with Gasteiger partial charge >= 0.3 is 12.0 Å². The fourth-order valence-corrected chi connectivity index (χ4v) is 3.98. The number of carboxylic acid groups (broad SMARTS) is 1. The molecule has 0 saturated carbocycles. The van der Waals surface area contributed by atoms with Crippen LogP contribution in [0, 0.1) is 0 Å². The molecule has 0 aliphatic carbocycles. The number of thioether (sulfide) groups is 1. The molecule has 2 fully saturated rings. The van der Waals surface area contributed by atoms with Crippen molar-refractivity contribution in [1.82, 2.24) is 15.1 Å². The topological polar surface area (TPSA) is 72.9 Å². The van der Waals surface area contributed by atoms with Gasteiger partial charge in [-0.25, -0.2) is 9.59 Å². The second kappa shape index (κ2) is 6.22. The molecule has 6 nitrogen and oxygen atoms in total. The van der Waals surface area contributed by atoms with Crippen molar-refractivity contribution >= 4 is 23.8 Å². The molecule has 0 spiro atoms. The van der Waals surface area contributed by atoms with Crippen LogP contribution in [0.15, 0.2) is 0 Å². The number of carbonyl (C=O) groups excluding carboxylic acids is 1. The fourth-order valence-electron chi connectivity index (χ4n) is 2.81. The van der Waals surface area contributed by atoms with Crippen LogP contribution in [-0.2, 0) is 4.79 Å². The Morgan fingerprint density at radius 1 is 1.35 bits per heavy atom. The highest BCUT2D eigenvalue weighted by Crippen LogP contribution is 2.29. The maximum absolute atomic E-state index is 12.4. The number of hydrogen-bond acceptors (Lipinski definition) is 4. The highest BCUT2D eigenvalue weighted by atomic mass is 32.2. The summed E-state index contributed by atoms with van der Waals surface area (Å²) in [6.07, 6.45) is 1.83. The standard InChI is InChI=1S/C13H23N3O3S/c1-8-6-10(4-5-15(8)3)14-13(19)16-9(2)20-7-11(16)12(17)18/h8-11H,4-7H2,1-3H3,(H,14,19)(H,17,18). The van der Waals surface area contributed by atoms with Crippen LogP contribution in [0.5, 0.6) is 0 Å². The monoisotopic (exact) mass is 301 g/mol. The summed E-state index contributed by atoms with van der Waals surface area (Å²) in [5, 5.41) is 12.1. The van der Waals surface area contributed by atoms with Crippen LogP contribution in [0.2, 0.25) is 0 Å². The van der Waals surface area contributed by atoms with Gasteiger partial charge in [0.1, 0.15) is 6.04 Å². The van der Waals surface area contributed by atoms with Crippen LogP contribution in [0.4, 0.5) is 4.79 Å². The molecule has 0 aromatic rings. The van der Waals surface area contributed by atoms with Gasteiger partial charge in [-0.15, -0.1) is 11.8 Å². The summed E-state index contributed by atoms with van der Waals surface area (Å²) in [6, 6.07) is -0.369.